The van der Waals surface area contributed by atoms with E-state index in [2.05, 4.69) is 26.7 Å². The maximum Gasteiger partial charge on any atom is 0.416 e. The molecule has 146 valence electrons. The van der Waals surface area contributed by atoms with Gasteiger partial charge in [0, 0.05) is 18.9 Å². The first-order valence-electron chi connectivity index (χ1n) is 9.09. The van der Waals surface area contributed by atoms with Gasteiger partial charge in [0.1, 0.15) is 0 Å². The van der Waals surface area contributed by atoms with Gasteiger partial charge in [0.15, 0.2) is 11.5 Å². The Hall–Kier alpha value is -2.87. The molecule has 0 saturated heterocycles. The van der Waals surface area contributed by atoms with Crippen molar-refractivity contribution in [3.8, 4) is 0 Å². The number of nitrogens with one attached hydrogen (secondary N) is 2. The van der Waals surface area contributed by atoms with Crippen molar-refractivity contribution in [3.63, 3.8) is 0 Å². The normalized spacial score (nSPS) is 16.1. The zero-order chi connectivity index (χ0) is 19.7. The van der Waals surface area contributed by atoms with Crippen LogP contribution in [0, 0.1) is 0 Å². The molecule has 0 unspecified atom stereocenters. The van der Waals surface area contributed by atoms with Gasteiger partial charge in [-0.1, -0.05) is 18.2 Å². The van der Waals surface area contributed by atoms with Crippen LogP contribution in [-0.4, -0.2) is 27.5 Å². The first-order valence-corrected chi connectivity index (χ1v) is 9.09. The number of halogens is 3. The first-order chi connectivity index (χ1) is 13.4. The van der Waals surface area contributed by atoms with Crippen molar-refractivity contribution < 1.29 is 13.2 Å². The number of alkyl halides is 3. The third-order valence-electron chi connectivity index (χ3n) is 4.89. The highest BCUT2D eigenvalue weighted by Crippen LogP contribution is 2.32. The van der Waals surface area contributed by atoms with E-state index in [0.717, 1.165) is 37.3 Å². The minimum absolute atomic E-state index is 0.362. The Morgan fingerprint density at radius 2 is 2.11 bits per heavy atom. The molecular weight excluding hydrogens is 367 g/mol. The van der Waals surface area contributed by atoms with E-state index >= 15 is 0 Å². The van der Waals surface area contributed by atoms with Gasteiger partial charge in [0.2, 0.25) is 0 Å². The Morgan fingerprint density at radius 3 is 2.86 bits per heavy atom. The number of rotatable bonds is 4. The van der Waals surface area contributed by atoms with Crippen LogP contribution in [0.1, 0.15) is 36.2 Å². The van der Waals surface area contributed by atoms with Crippen LogP contribution in [0.5, 0.6) is 0 Å². The minimum atomic E-state index is -4.37. The monoisotopic (exact) mass is 387 g/mol. The smallest absolute Gasteiger partial charge is 0.360 e. The highest BCUT2D eigenvalue weighted by atomic mass is 19.4. The molecule has 1 aliphatic rings. The predicted molar refractivity (Wildman–Crippen MR) is 102 cm³/mol. The molecule has 0 radical (unpaired) electrons. The number of benzene rings is 1. The van der Waals surface area contributed by atoms with Gasteiger partial charge in [-0.3, -0.25) is 4.40 Å². The van der Waals surface area contributed by atoms with Crippen molar-refractivity contribution in [2.75, 3.05) is 18.4 Å². The number of hydrogen-bond donors (Lipinski definition) is 2. The van der Waals surface area contributed by atoms with Crippen LogP contribution in [0.15, 0.2) is 48.9 Å². The number of anilines is 1. The molecule has 5 nitrogen and oxygen atoms in total. The van der Waals surface area contributed by atoms with Crippen molar-refractivity contribution in [2.24, 2.45) is 0 Å². The van der Waals surface area contributed by atoms with Crippen LogP contribution >= 0.6 is 0 Å². The summed E-state index contributed by atoms with van der Waals surface area (Å²) in [5, 5.41) is 6.49. The van der Waals surface area contributed by atoms with Crippen molar-refractivity contribution >= 4 is 17.0 Å². The zero-order valence-corrected chi connectivity index (χ0v) is 15.3. The fourth-order valence-corrected chi connectivity index (χ4v) is 3.39. The maximum atomic E-state index is 13.0. The average molecular weight is 387 g/mol. The summed E-state index contributed by atoms with van der Waals surface area (Å²) in [7, 11) is 0. The van der Waals surface area contributed by atoms with Crippen molar-refractivity contribution in [1.82, 2.24) is 19.7 Å². The van der Waals surface area contributed by atoms with Crippen molar-refractivity contribution in [3.05, 3.63) is 65.8 Å². The van der Waals surface area contributed by atoms with Crippen molar-refractivity contribution in [2.45, 2.75) is 25.6 Å². The van der Waals surface area contributed by atoms with Gasteiger partial charge >= 0.3 is 6.18 Å². The van der Waals surface area contributed by atoms with Crippen LogP contribution in [0.4, 0.5) is 19.0 Å². The number of nitrogens with zero attached hydrogens (tertiary/aromatic N) is 3. The van der Waals surface area contributed by atoms with Crippen LogP contribution in [-0.2, 0) is 6.18 Å². The molecule has 1 aliphatic heterocycles. The van der Waals surface area contributed by atoms with E-state index < -0.39 is 11.7 Å². The van der Waals surface area contributed by atoms with E-state index in [9.17, 15) is 13.2 Å². The number of hydrogen-bond acceptors (Lipinski definition) is 4. The average Bonchev–Trinajstić information content (AvgIpc) is 3.13. The lowest BCUT2D eigenvalue weighted by molar-refractivity contribution is -0.137. The Bertz CT molecular complexity index is 1020. The van der Waals surface area contributed by atoms with Gasteiger partial charge in [0.05, 0.1) is 23.5 Å². The molecule has 3 aromatic rings. The molecule has 1 atom stereocenters. The van der Waals surface area contributed by atoms with Gasteiger partial charge in [0.25, 0.3) is 0 Å². The number of fused-ring (bicyclic) bond motifs is 1. The van der Waals surface area contributed by atoms with E-state index in [-0.39, 0.29) is 6.04 Å². The molecule has 0 saturated carbocycles. The second-order valence-corrected chi connectivity index (χ2v) is 6.79. The lowest BCUT2D eigenvalue weighted by Crippen LogP contribution is -2.20. The Morgan fingerprint density at radius 1 is 1.25 bits per heavy atom. The molecule has 1 aromatic carbocycles. The molecule has 0 amide bonds. The van der Waals surface area contributed by atoms with E-state index in [1.165, 1.54) is 11.6 Å². The summed E-state index contributed by atoms with van der Waals surface area (Å²) in [4.78, 5) is 8.85. The quantitative estimate of drug-likeness (QED) is 0.701. The molecule has 0 spiro atoms. The predicted octanol–water partition coefficient (Wildman–Crippen LogP) is 4.30. The van der Waals surface area contributed by atoms with Crippen molar-refractivity contribution in [1.29, 1.82) is 0 Å². The van der Waals surface area contributed by atoms with E-state index in [4.69, 9.17) is 0 Å². The third kappa shape index (κ3) is 3.60. The topological polar surface area (TPSA) is 54.2 Å². The fourth-order valence-electron chi connectivity index (χ4n) is 3.39. The highest BCUT2D eigenvalue weighted by molar-refractivity contribution is 5.71. The minimum Gasteiger partial charge on any atom is -0.360 e. The Kier molecular flexibility index (Phi) is 4.80. The zero-order valence-electron chi connectivity index (χ0n) is 15.3. The molecule has 2 N–H and O–H groups in total. The molecule has 28 heavy (non-hydrogen) atoms. The first kappa shape index (κ1) is 18.5. The van der Waals surface area contributed by atoms with E-state index in [0.29, 0.717) is 17.0 Å². The summed E-state index contributed by atoms with van der Waals surface area (Å²) < 4.78 is 40.9. The molecule has 0 bridgehead atoms. The highest BCUT2D eigenvalue weighted by Gasteiger charge is 2.30. The Balaban J connectivity index is 1.63. The molecule has 4 rings (SSSR count). The van der Waals surface area contributed by atoms with Crippen LogP contribution in [0.2, 0.25) is 0 Å². The molecular formula is C20H20F3N5. The molecule has 2 aromatic heterocycles. The number of aromatic nitrogens is 3. The summed E-state index contributed by atoms with van der Waals surface area (Å²) in [6.45, 7) is 3.55. The summed E-state index contributed by atoms with van der Waals surface area (Å²) in [6, 6.07) is 4.96. The summed E-state index contributed by atoms with van der Waals surface area (Å²) >= 11 is 0. The standard InChI is InChI=1S/C20H20F3N5/c1-13(15-3-2-4-16(11-15)20(21,22)23)27-18-19-26-12-17(28(19)10-9-25-18)14-5-7-24-8-6-14/h2-5,9-13,24H,6-8H2,1H3,(H,25,27)/t13-/m0/s1. The molecule has 0 aliphatic carbocycles. The summed E-state index contributed by atoms with van der Waals surface area (Å²) in [5.41, 5.74) is 2.75. The summed E-state index contributed by atoms with van der Waals surface area (Å²) in [6.07, 6.45) is 4.02. The maximum absolute atomic E-state index is 13.0. The molecule has 8 heteroatoms. The molecule has 0 fully saturated rings. The SMILES string of the molecule is C[C@H](Nc1nccn2c(C3=CCNCC3)cnc12)c1cccc(C(F)(F)F)c1. The van der Waals surface area contributed by atoms with Crippen LogP contribution in [0.3, 0.4) is 0 Å². The molecule has 3 heterocycles. The third-order valence-corrected chi connectivity index (χ3v) is 4.89. The van der Waals surface area contributed by atoms with Gasteiger partial charge in [-0.2, -0.15) is 13.2 Å². The van der Waals surface area contributed by atoms with Gasteiger partial charge in [-0.25, -0.2) is 9.97 Å². The van der Waals surface area contributed by atoms with E-state index in [1.807, 2.05) is 16.8 Å². The lowest BCUT2D eigenvalue weighted by Gasteiger charge is -2.17. The summed E-state index contributed by atoms with van der Waals surface area (Å²) in [5.74, 6) is 0.535. The van der Waals surface area contributed by atoms with Gasteiger partial charge in [-0.05, 0) is 43.2 Å². The van der Waals surface area contributed by atoms with Gasteiger partial charge in [-0.15, -0.1) is 0 Å². The fraction of sp³-hybridized carbons (Fsp3) is 0.300. The van der Waals surface area contributed by atoms with Crippen LogP contribution < -0.4 is 10.6 Å². The lowest BCUT2D eigenvalue weighted by atomic mass is 10.0. The second kappa shape index (κ2) is 7.27. The largest absolute Gasteiger partial charge is 0.416 e. The second-order valence-electron chi connectivity index (χ2n) is 6.79. The Labute approximate surface area is 160 Å². The van der Waals surface area contributed by atoms with E-state index in [1.54, 1.807) is 19.2 Å². The van der Waals surface area contributed by atoms with Gasteiger partial charge < -0.3 is 10.6 Å². The number of imidazole rings is 1. The van der Waals surface area contributed by atoms with Crippen LogP contribution in [0.25, 0.3) is 11.2 Å².